The summed E-state index contributed by atoms with van der Waals surface area (Å²) < 4.78 is 26.2. The van der Waals surface area contributed by atoms with Gasteiger partial charge in [0.15, 0.2) is 17.4 Å². The molecule has 21 heavy (non-hydrogen) atoms. The fraction of sp³-hybridized carbons (Fsp3) is 0.0667. The van der Waals surface area contributed by atoms with Crippen LogP contribution in [0.15, 0.2) is 36.5 Å². The number of halogens is 3. The number of benzene rings is 2. The third kappa shape index (κ3) is 2.64. The zero-order valence-electron chi connectivity index (χ0n) is 10.7. The summed E-state index contributed by atoms with van der Waals surface area (Å²) in [5.41, 5.74) is 1.58. The number of rotatable bonds is 3. The van der Waals surface area contributed by atoms with E-state index in [4.69, 9.17) is 11.6 Å². The number of aromatic nitrogens is 2. The number of nitrogens with one attached hydrogen (secondary N) is 1. The molecule has 6 heteroatoms. The van der Waals surface area contributed by atoms with E-state index in [9.17, 15) is 13.6 Å². The zero-order chi connectivity index (χ0) is 15.0. The first-order valence-electron chi connectivity index (χ1n) is 6.14. The molecular weight excluding hydrogens is 298 g/mol. The minimum absolute atomic E-state index is 0.0251. The first-order valence-corrected chi connectivity index (χ1v) is 6.52. The minimum atomic E-state index is -1.09. The van der Waals surface area contributed by atoms with E-state index < -0.39 is 11.6 Å². The number of hydrogen-bond acceptors (Lipinski definition) is 2. The van der Waals surface area contributed by atoms with Crippen LogP contribution in [0, 0.1) is 11.6 Å². The summed E-state index contributed by atoms with van der Waals surface area (Å²) in [6.07, 6.45) is 1.69. The molecule has 0 fully saturated rings. The number of carbonyl (C=O) groups is 1. The van der Waals surface area contributed by atoms with Crippen LogP contribution >= 0.6 is 11.6 Å². The predicted octanol–water partition coefficient (Wildman–Crippen LogP) is 3.92. The van der Waals surface area contributed by atoms with Gasteiger partial charge in [0, 0.05) is 17.4 Å². The van der Waals surface area contributed by atoms with Crippen LogP contribution in [-0.2, 0) is 6.42 Å². The van der Waals surface area contributed by atoms with Crippen LogP contribution in [0.3, 0.4) is 0 Å². The molecule has 0 aliphatic heterocycles. The molecule has 3 rings (SSSR count). The van der Waals surface area contributed by atoms with E-state index in [1.54, 1.807) is 18.3 Å². The average molecular weight is 307 g/mol. The van der Waals surface area contributed by atoms with Gasteiger partial charge in [-0.3, -0.25) is 9.89 Å². The van der Waals surface area contributed by atoms with Crippen molar-refractivity contribution >= 4 is 28.3 Å². The number of H-pyrrole nitrogens is 1. The number of ketones is 1. The standard InChI is InChI=1S/C15H9ClF2N2O/c16-11-6-13(18)12(17)5-10(11)15(21)4-8-1-2-14-9(3-8)7-19-20-14/h1-3,5-7H,4H2,(H,19,20). The first kappa shape index (κ1) is 13.7. The normalized spacial score (nSPS) is 11.0. The Morgan fingerprint density at radius 3 is 2.76 bits per heavy atom. The van der Waals surface area contributed by atoms with Crippen LogP contribution in [0.25, 0.3) is 10.9 Å². The molecule has 0 amide bonds. The van der Waals surface area contributed by atoms with Crippen molar-refractivity contribution in [2.45, 2.75) is 6.42 Å². The molecular formula is C15H9ClF2N2O. The van der Waals surface area contributed by atoms with E-state index in [0.717, 1.165) is 28.6 Å². The van der Waals surface area contributed by atoms with E-state index in [0.29, 0.717) is 0 Å². The summed E-state index contributed by atoms with van der Waals surface area (Å²) in [6, 6.07) is 7.02. The average Bonchev–Trinajstić information content (AvgIpc) is 2.90. The second kappa shape index (κ2) is 5.26. The fourth-order valence-electron chi connectivity index (χ4n) is 2.12. The van der Waals surface area contributed by atoms with E-state index in [1.165, 1.54) is 0 Å². The van der Waals surface area contributed by atoms with Crippen LogP contribution < -0.4 is 0 Å². The third-order valence-corrected chi connectivity index (χ3v) is 3.49. The lowest BCUT2D eigenvalue weighted by Crippen LogP contribution is -2.05. The molecule has 2 aromatic carbocycles. The van der Waals surface area contributed by atoms with Gasteiger partial charge in [0.25, 0.3) is 0 Å². The lowest BCUT2D eigenvalue weighted by atomic mass is 10.0. The molecule has 3 aromatic rings. The molecule has 0 radical (unpaired) electrons. The van der Waals surface area contributed by atoms with Crippen LogP contribution in [0.1, 0.15) is 15.9 Å². The van der Waals surface area contributed by atoms with Crippen LogP contribution in [0.5, 0.6) is 0 Å². The van der Waals surface area contributed by atoms with E-state index in [1.807, 2.05) is 6.07 Å². The lowest BCUT2D eigenvalue weighted by molar-refractivity contribution is 0.0992. The number of Topliss-reactive ketones (excluding diaryl/α,β-unsaturated/α-hetero) is 1. The molecule has 0 atom stereocenters. The van der Waals surface area contributed by atoms with Crippen molar-refractivity contribution < 1.29 is 13.6 Å². The van der Waals surface area contributed by atoms with E-state index >= 15 is 0 Å². The van der Waals surface area contributed by atoms with Gasteiger partial charge >= 0.3 is 0 Å². The molecule has 0 aliphatic carbocycles. The summed E-state index contributed by atoms with van der Waals surface area (Å²) >= 11 is 5.80. The maximum absolute atomic E-state index is 13.2. The topological polar surface area (TPSA) is 45.8 Å². The van der Waals surface area contributed by atoms with E-state index in [-0.39, 0.29) is 22.8 Å². The van der Waals surface area contributed by atoms with Crippen LogP contribution in [-0.4, -0.2) is 16.0 Å². The SMILES string of the molecule is O=C(Cc1ccc2[nH]ncc2c1)c1cc(F)c(F)cc1Cl. The Balaban J connectivity index is 1.90. The smallest absolute Gasteiger partial charge is 0.168 e. The Kier molecular flexibility index (Phi) is 3.43. The number of fused-ring (bicyclic) bond motifs is 1. The van der Waals surface area contributed by atoms with Crippen LogP contribution in [0.4, 0.5) is 8.78 Å². The molecule has 0 spiro atoms. The second-order valence-corrected chi connectivity index (χ2v) is 5.04. The molecule has 0 bridgehead atoms. The van der Waals surface area contributed by atoms with Crippen LogP contribution in [0.2, 0.25) is 5.02 Å². The number of carbonyl (C=O) groups excluding carboxylic acids is 1. The van der Waals surface area contributed by atoms with Gasteiger partial charge in [-0.2, -0.15) is 5.10 Å². The first-order chi connectivity index (χ1) is 10.0. The molecule has 0 aliphatic rings. The van der Waals surface area contributed by atoms with Crippen molar-refractivity contribution in [2.75, 3.05) is 0 Å². The van der Waals surface area contributed by atoms with Gasteiger partial charge in [0.05, 0.1) is 16.7 Å². The molecule has 0 saturated heterocycles. The number of aromatic amines is 1. The van der Waals surface area contributed by atoms with Gasteiger partial charge < -0.3 is 0 Å². The quantitative estimate of drug-likeness (QED) is 0.589. The van der Waals surface area contributed by atoms with Crippen molar-refractivity contribution in [3.8, 4) is 0 Å². The Bertz CT molecular complexity index is 845. The highest BCUT2D eigenvalue weighted by atomic mass is 35.5. The Morgan fingerprint density at radius 2 is 1.95 bits per heavy atom. The van der Waals surface area contributed by atoms with Crippen molar-refractivity contribution in [3.63, 3.8) is 0 Å². The summed E-state index contributed by atoms with van der Waals surface area (Å²) in [7, 11) is 0. The largest absolute Gasteiger partial charge is 0.294 e. The van der Waals surface area contributed by atoms with Gasteiger partial charge in [-0.15, -0.1) is 0 Å². The van der Waals surface area contributed by atoms with Gasteiger partial charge in [-0.1, -0.05) is 17.7 Å². The number of nitrogens with zero attached hydrogens (tertiary/aromatic N) is 1. The Morgan fingerprint density at radius 1 is 1.19 bits per heavy atom. The number of hydrogen-bond donors (Lipinski definition) is 1. The second-order valence-electron chi connectivity index (χ2n) is 4.64. The maximum Gasteiger partial charge on any atom is 0.168 e. The molecule has 3 nitrogen and oxygen atoms in total. The minimum Gasteiger partial charge on any atom is -0.294 e. The monoisotopic (exact) mass is 306 g/mol. The molecule has 106 valence electrons. The zero-order valence-corrected chi connectivity index (χ0v) is 11.4. The van der Waals surface area contributed by atoms with Gasteiger partial charge in [0.2, 0.25) is 0 Å². The third-order valence-electron chi connectivity index (χ3n) is 3.18. The summed E-state index contributed by atoms with van der Waals surface area (Å²) in [4.78, 5) is 12.2. The molecule has 0 unspecified atom stereocenters. The highest BCUT2D eigenvalue weighted by molar-refractivity contribution is 6.34. The van der Waals surface area contributed by atoms with Gasteiger partial charge in [-0.25, -0.2) is 8.78 Å². The maximum atomic E-state index is 13.2. The molecule has 1 heterocycles. The van der Waals surface area contributed by atoms with Crippen molar-refractivity contribution in [2.24, 2.45) is 0 Å². The van der Waals surface area contributed by atoms with Crippen molar-refractivity contribution in [3.05, 3.63) is 64.3 Å². The molecule has 0 saturated carbocycles. The highest BCUT2D eigenvalue weighted by Gasteiger charge is 2.15. The van der Waals surface area contributed by atoms with Crippen molar-refractivity contribution in [1.82, 2.24) is 10.2 Å². The van der Waals surface area contributed by atoms with E-state index in [2.05, 4.69) is 10.2 Å². The molecule has 1 N–H and O–H groups in total. The van der Waals surface area contributed by atoms with Crippen molar-refractivity contribution in [1.29, 1.82) is 0 Å². The van der Waals surface area contributed by atoms with Gasteiger partial charge in [-0.05, 0) is 29.8 Å². The van der Waals surface area contributed by atoms with Gasteiger partial charge in [0.1, 0.15) is 0 Å². The lowest BCUT2D eigenvalue weighted by Gasteiger charge is -2.05. The Hall–Kier alpha value is -2.27. The molecule has 1 aromatic heterocycles. The summed E-state index contributed by atoms with van der Waals surface area (Å²) in [5.74, 6) is -2.54. The summed E-state index contributed by atoms with van der Waals surface area (Å²) in [5, 5.41) is 7.48. The summed E-state index contributed by atoms with van der Waals surface area (Å²) in [6.45, 7) is 0. The fourth-order valence-corrected chi connectivity index (χ4v) is 2.37. The Labute approximate surface area is 123 Å². The predicted molar refractivity (Wildman–Crippen MR) is 75.5 cm³/mol. The highest BCUT2D eigenvalue weighted by Crippen LogP contribution is 2.22.